The summed E-state index contributed by atoms with van der Waals surface area (Å²) in [6.45, 7) is 7.27. The van der Waals surface area contributed by atoms with Crippen molar-refractivity contribution in [3.63, 3.8) is 0 Å². The van der Waals surface area contributed by atoms with E-state index in [2.05, 4.69) is 4.72 Å². The van der Waals surface area contributed by atoms with Crippen molar-refractivity contribution in [2.24, 2.45) is 0 Å². The fraction of sp³-hybridized carbons (Fsp3) is 0.381. The summed E-state index contributed by atoms with van der Waals surface area (Å²) in [4.78, 5) is 13.9. The van der Waals surface area contributed by atoms with Crippen molar-refractivity contribution >= 4 is 15.9 Å². The number of sulfonamides is 1. The smallest absolute Gasteiger partial charge is 0.241 e. The molecule has 144 valence electrons. The molecule has 1 heterocycles. The van der Waals surface area contributed by atoms with E-state index in [0.717, 1.165) is 40.8 Å². The highest BCUT2D eigenvalue weighted by Crippen LogP contribution is 2.22. The second-order valence-corrected chi connectivity index (χ2v) is 8.99. The standard InChI is InChI=1S/C21H26N2O3S/c1-15-11-16(2)21(17(3)12-15)27(25,26)22-13-18-6-8-19(9-7-18)14-23-10-4-5-20(23)24/h6-9,11-12,22H,4-5,10,13-14H2,1-3H3. The van der Waals surface area contributed by atoms with E-state index in [1.54, 1.807) is 0 Å². The number of benzene rings is 2. The van der Waals surface area contributed by atoms with Crippen molar-refractivity contribution in [1.82, 2.24) is 9.62 Å². The molecule has 1 aliphatic heterocycles. The molecule has 1 aliphatic rings. The molecule has 1 N–H and O–H groups in total. The van der Waals surface area contributed by atoms with Crippen LogP contribution in [0.2, 0.25) is 0 Å². The number of amides is 1. The minimum Gasteiger partial charge on any atom is -0.338 e. The first-order valence-electron chi connectivity index (χ1n) is 9.19. The topological polar surface area (TPSA) is 66.5 Å². The highest BCUT2D eigenvalue weighted by atomic mass is 32.2. The van der Waals surface area contributed by atoms with Crippen molar-refractivity contribution in [2.45, 2.75) is 51.6 Å². The monoisotopic (exact) mass is 386 g/mol. The summed E-state index contributed by atoms with van der Waals surface area (Å²) in [7, 11) is -3.58. The summed E-state index contributed by atoms with van der Waals surface area (Å²) in [6.07, 6.45) is 1.56. The van der Waals surface area contributed by atoms with Gasteiger partial charge in [0.1, 0.15) is 0 Å². The van der Waals surface area contributed by atoms with E-state index in [-0.39, 0.29) is 12.5 Å². The third kappa shape index (κ3) is 4.57. The Kier molecular flexibility index (Phi) is 5.67. The highest BCUT2D eigenvalue weighted by molar-refractivity contribution is 7.89. The van der Waals surface area contributed by atoms with Gasteiger partial charge in [0, 0.05) is 26.1 Å². The molecule has 2 aromatic rings. The normalized spacial score (nSPS) is 14.8. The van der Waals surface area contributed by atoms with Gasteiger partial charge in [-0.3, -0.25) is 4.79 Å². The van der Waals surface area contributed by atoms with E-state index in [0.29, 0.717) is 17.9 Å². The molecular weight excluding hydrogens is 360 g/mol. The number of aryl methyl sites for hydroxylation is 3. The lowest BCUT2D eigenvalue weighted by molar-refractivity contribution is -0.128. The zero-order valence-corrected chi connectivity index (χ0v) is 16.9. The molecule has 0 saturated carbocycles. The van der Waals surface area contributed by atoms with Gasteiger partial charge in [0.15, 0.2) is 0 Å². The largest absolute Gasteiger partial charge is 0.338 e. The van der Waals surface area contributed by atoms with Crippen LogP contribution < -0.4 is 4.72 Å². The molecular formula is C21H26N2O3S. The van der Waals surface area contributed by atoms with Crippen LogP contribution in [0, 0.1) is 20.8 Å². The van der Waals surface area contributed by atoms with Crippen LogP contribution >= 0.6 is 0 Å². The van der Waals surface area contributed by atoms with Gasteiger partial charge in [-0.1, -0.05) is 42.0 Å². The molecule has 6 heteroatoms. The van der Waals surface area contributed by atoms with Crippen molar-refractivity contribution in [3.8, 4) is 0 Å². The fourth-order valence-corrected chi connectivity index (χ4v) is 5.16. The Labute approximate surface area is 161 Å². The second kappa shape index (κ2) is 7.82. The number of nitrogens with one attached hydrogen (secondary N) is 1. The lowest BCUT2D eigenvalue weighted by atomic mass is 10.1. The zero-order valence-electron chi connectivity index (χ0n) is 16.1. The third-order valence-corrected chi connectivity index (χ3v) is 6.61. The predicted molar refractivity (Wildman–Crippen MR) is 106 cm³/mol. The summed E-state index contributed by atoms with van der Waals surface area (Å²) in [6, 6.07) is 11.5. The Bertz CT molecular complexity index is 927. The van der Waals surface area contributed by atoms with E-state index in [1.165, 1.54) is 0 Å². The predicted octanol–water partition coefficient (Wildman–Crippen LogP) is 3.21. The van der Waals surface area contributed by atoms with Gasteiger partial charge in [0.2, 0.25) is 15.9 Å². The molecule has 27 heavy (non-hydrogen) atoms. The number of likely N-dealkylation sites (tertiary alicyclic amines) is 1. The average Bonchev–Trinajstić information content (AvgIpc) is 2.98. The van der Waals surface area contributed by atoms with Crippen LogP contribution in [0.3, 0.4) is 0 Å². The van der Waals surface area contributed by atoms with Gasteiger partial charge in [-0.2, -0.15) is 0 Å². The average molecular weight is 387 g/mol. The number of carbonyl (C=O) groups is 1. The molecule has 0 spiro atoms. The molecule has 0 aromatic heterocycles. The zero-order chi connectivity index (χ0) is 19.6. The molecule has 0 radical (unpaired) electrons. The van der Waals surface area contributed by atoms with E-state index < -0.39 is 10.0 Å². The quantitative estimate of drug-likeness (QED) is 0.829. The molecule has 0 bridgehead atoms. The summed E-state index contributed by atoms with van der Waals surface area (Å²) in [5.41, 5.74) is 4.51. The first-order valence-corrected chi connectivity index (χ1v) is 10.7. The Morgan fingerprint density at radius 3 is 2.15 bits per heavy atom. The Balaban J connectivity index is 1.67. The van der Waals surface area contributed by atoms with Crippen LogP contribution in [-0.4, -0.2) is 25.8 Å². The first kappa shape index (κ1) is 19.6. The number of rotatable bonds is 6. The SMILES string of the molecule is Cc1cc(C)c(S(=O)(=O)NCc2ccc(CN3CCCC3=O)cc2)c(C)c1. The fourth-order valence-electron chi connectivity index (χ4n) is 3.70. The van der Waals surface area contributed by atoms with Crippen LogP contribution in [0.25, 0.3) is 0 Å². The van der Waals surface area contributed by atoms with E-state index in [1.807, 2.05) is 62.1 Å². The minimum absolute atomic E-state index is 0.204. The lowest BCUT2D eigenvalue weighted by Crippen LogP contribution is -2.25. The highest BCUT2D eigenvalue weighted by Gasteiger charge is 2.21. The van der Waals surface area contributed by atoms with Crippen LogP contribution in [-0.2, 0) is 27.9 Å². The maximum absolute atomic E-state index is 12.7. The van der Waals surface area contributed by atoms with E-state index >= 15 is 0 Å². The van der Waals surface area contributed by atoms with Crippen molar-refractivity contribution in [3.05, 3.63) is 64.2 Å². The molecule has 1 fully saturated rings. The molecule has 0 atom stereocenters. The molecule has 3 rings (SSSR count). The summed E-state index contributed by atoms with van der Waals surface area (Å²) >= 11 is 0. The van der Waals surface area contributed by atoms with E-state index in [4.69, 9.17) is 0 Å². The van der Waals surface area contributed by atoms with E-state index in [9.17, 15) is 13.2 Å². The summed E-state index contributed by atoms with van der Waals surface area (Å²) < 4.78 is 28.2. The Hall–Kier alpha value is -2.18. The van der Waals surface area contributed by atoms with Crippen molar-refractivity contribution < 1.29 is 13.2 Å². The van der Waals surface area contributed by atoms with Crippen molar-refractivity contribution in [1.29, 1.82) is 0 Å². The van der Waals surface area contributed by atoms with Gasteiger partial charge in [0.25, 0.3) is 0 Å². The maximum Gasteiger partial charge on any atom is 0.241 e. The maximum atomic E-state index is 12.7. The number of nitrogens with zero attached hydrogens (tertiary/aromatic N) is 1. The summed E-state index contributed by atoms with van der Waals surface area (Å²) in [5, 5.41) is 0. The molecule has 0 unspecified atom stereocenters. The number of hydrogen-bond acceptors (Lipinski definition) is 3. The van der Waals surface area contributed by atoms with Crippen LogP contribution in [0.15, 0.2) is 41.3 Å². The Morgan fingerprint density at radius 2 is 1.59 bits per heavy atom. The van der Waals surface area contributed by atoms with Gasteiger partial charge >= 0.3 is 0 Å². The van der Waals surface area contributed by atoms with Crippen LogP contribution in [0.5, 0.6) is 0 Å². The summed E-state index contributed by atoms with van der Waals surface area (Å²) in [5.74, 6) is 0.204. The number of hydrogen-bond donors (Lipinski definition) is 1. The van der Waals surface area contributed by atoms with Gasteiger partial charge in [-0.25, -0.2) is 13.1 Å². The lowest BCUT2D eigenvalue weighted by Gasteiger charge is -2.16. The van der Waals surface area contributed by atoms with Crippen LogP contribution in [0.4, 0.5) is 0 Å². The Morgan fingerprint density at radius 1 is 1.00 bits per heavy atom. The molecule has 5 nitrogen and oxygen atoms in total. The minimum atomic E-state index is -3.58. The van der Waals surface area contributed by atoms with Gasteiger partial charge in [-0.15, -0.1) is 0 Å². The van der Waals surface area contributed by atoms with Gasteiger partial charge < -0.3 is 4.90 Å². The molecule has 0 aliphatic carbocycles. The second-order valence-electron chi connectivity index (χ2n) is 7.29. The number of carbonyl (C=O) groups excluding carboxylic acids is 1. The molecule has 1 amide bonds. The first-order chi connectivity index (χ1) is 12.8. The van der Waals surface area contributed by atoms with Crippen molar-refractivity contribution in [2.75, 3.05) is 6.54 Å². The molecule has 2 aromatic carbocycles. The third-order valence-electron chi connectivity index (χ3n) is 4.91. The van der Waals surface area contributed by atoms with Gasteiger partial charge in [-0.05, 0) is 49.4 Å². The molecule has 1 saturated heterocycles. The van der Waals surface area contributed by atoms with Crippen LogP contribution in [0.1, 0.15) is 40.7 Å². The van der Waals surface area contributed by atoms with Gasteiger partial charge in [0.05, 0.1) is 4.90 Å².